The zero-order valence-electron chi connectivity index (χ0n) is 14.2. The molecular weight excluding hydrogens is 334 g/mol. The molecule has 1 aliphatic rings. The highest BCUT2D eigenvalue weighted by atomic mass is 32.1. The van der Waals surface area contributed by atoms with Gasteiger partial charge < -0.3 is 5.32 Å². The minimum atomic E-state index is -0.178. The van der Waals surface area contributed by atoms with E-state index in [0.717, 1.165) is 28.8 Å². The minimum Gasteiger partial charge on any atom is -0.348 e. The molecule has 1 aliphatic carbocycles. The zero-order chi connectivity index (χ0) is 17.6. The van der Waals surface area contributed by atoms with Gasteiger partial charge in [-0.15, -0.1) is 11.3 Å². The van der Waals surface area contributed by atoms with Gasteiger partial charge in [-0.1, -0.05) is 24.3 Å². The first-order valence-electron chi connectivity index (χ1n) is 8.39. The summed E-state index contributed by atoms with van der Waals surface area (Å²) < 4.78 is 2.28. The molecule has 128 valence electrons. The molecule has 0 aliphatic heterocycles. The Labute approximate surface area is 149 Å². The van der Waals surface area contributed by atoms with Gasteiger partial charge in [0.2, 0.25) is 0 Å². The number of thiophene rings is 1. The van der Waals surface area contributed by atoms with E-state index in [2.05, 4.69) is 10.3 Å². The number of nitrogens with zero attached hydrogens (tertiary/aromatic N) is 2. The van der Waals surface area contributed by atoms with Crippen molar-refractivity contribution in [1.29, 1.82) is 0 Å². The van der Waals surface area contributed by atoms with Gasteiger partial charge in [0.05, 0.1) is 11.9 Å². The molecule has 1 aromatic carbocycles. The van der Waals surface area contributed by atoms with E-state index in [0.29, 0.717) is 22.3 Å². The third-order valence-corrected chi connectivity index (χ3v) is 5.75. The van der Waals surface area contributed by atoms with E-state index in [9.17, 15) is 9.59 Å². The summed E-state index contributed by atoms with van der Waals surface area (Å²) in [7, 11) is 0. The Kier molecular flexibility index (Phi) is 3.92. The summed E-state index contributed by atoms with van der Waals surface area (Å²) in [6, 6.07) is 8.24. The van der Waals surface area contributed by atoms with Crippen molar-refractivity contribution >= 4 is 27.5 Å². The maximum absolute atomic E-state index is 12.7. The molecule has 6 heteroatoms. The molecule has 5 nitrogen and oxygen atoms in total. The number of rotatable bonds is 4. The van der Waals surface area contributed by atoms with Crippen LogP contribution in [-0.4, -0.2) is 15.5 Å². The van der Waals surface area contributed by atoms with Gasteiger partial charge in [0.25, 0.3) is 11.5 Å². The average Bonchev–Trinajstić information content (AvgIpc) is 3.37. The number of aryl methyl sites for hydroxylation is 2. The normalized spacial score (nSPS) is 14.0. The Hall–Kier alpha value is -2.47. The molecule has 2 aromatic heterocycles. The lowest BCUT2D eigenvalue weighted by atomic mass is 10.1. The van der Waals surface area contributed by atoms with Crippen molar-refractivity contribution in [2.75, 3.05) is 0 Å². The van der Waals surface area contributed by atoms with Crippen LogP contribution < -0.4 is 10.9 Å². The van der Waals surface area contributed by atoms with Crippen LogP contribution in [0, 0.1) is 13.8 Å². The molecule has 4 rings (SSSR count). The van der Waals surface area contributed by atoms with Gasteiger partial charge in [-0.05, 0) is 37.8 Å². The maximum atomic E-state index is 12.7. The SMILES string of the molecule is Cc1ccccc1CNC(=O)c1c(C)sc2c(=O)n(C3CC3)cnc12. The molecular formula is C19H19N3O2S. The van der Waals surface area contributed by atoms with Crippen molar-refractivity contribution in [1.82, 2.24) is 14.9 Å². The number of benzene rings is 1. The third-order valence-electron chi connectivity index (χ3n) is 4.67. The molecule has 0 atom stereocenters. The van der Waals surface area contributed by atoms with Crippen molar-refractivity contribution < 1.29 is 4.79 Å². The summed E-state index contributed by atoms with van der Waals surface area (Å²) in [5.41, 5.74) is 3.23. The number of hydrogen-bond acceptors (Lipinski definition) is 4. The number of nitrogens with one attached hydrogen (secondary N) is 1. The highest BCUT2D eigenvalue weighted by Gasteiger charge is 2.27. The predicted molar refractivity (Wildman–Crippen MR) is 99.2 cm³/mol. The van der Waals surface area contributed by atoms with E-state index in [1.54, 1.807) is 10.9 Å². The third kappa shape index (κ3) is 2.87. The van der Waals surface area contributed by atoms with Gasteiger partial charge in [-0.2, -0.15) is 0 Å². The van der Waals surface area contributed by atoms with E-state index < -0.39 is 0 Å². The van der Waals surface area contributed by atoms with E-state index in [1.165, 1.54) is 11.3 Å². The first-order valence-corrected chi connectivity index (χ1v) is 9.21. The second-order valence-corrected chi connectivity index (χ2v) is 7.73. The lowest BCUT2D eigenvalue weighted by Gasteiger charge is -2.08. The van der Waals surface area contributed by atoms with Crippen molar-refractivity contribution in [2.24, 2.45) is 0 Å². The van der Waals surface area contributed by atoms with E-state index in [1.807, 2.05) is 38.1 Å². The number of amides is 1. The van der Waals surface area contributed by atoms with Crippen LogP contribution in [0.3, 0.4) is 0 Å². The van der Waals surface area contributed by atoms with Gasteiger partial charge in [0, 0.05) is 17.5 Å². The fraction of sp³-hybridized carbons (Fsp3) is 0.316. The van der Waals surface area contributed by atoms with Gasteiger partial charge in [0.15, 0.2) is 0 Å². The van der Waals surface area contributed by atoms with Crippen molar-refractivity contribution in [2.45, 2.75) is 39.3 Å². The summed E-state index contributed by atoms with van der Waals surface area (Å²) in [4.78, 5) is 30.6. The first kappa shape index (κ1) is 16.0. The summed E-state index contributed by atoms with van der Waals surface area (Å²) >= 11 is 1.36. The second kappa shape index (κ2) is 6.11. The Morgan fingerprint density at radius 2 is 2.08 bits per heavy atom. The van der Waals surface area contributed by atoms with Crippen molar-refractivity contribution in [3.63, 3.8) is 0 Å². The van der Waals surface area contributed by atoms with Gasteiger partial charge in [-0.25, -0.2) is 4.98 Å². The Morgan fingerprint density at radius 3 is 2.80 bits per heavy atom. The molecule has 3 aromatic rings. The van der Waals surface area contributed by atoms with Crippen LogP contribution in [0.4, 0.5) is 0 Å². The molecule has 1 N–H and O–H groups in total. The van der Waals surface area contributed by atoms with Crippen molar-refractivity contribution in [3.05, 3.63) is 62.5 Å². The highest BCUT2D eigenvalue weighted by Crippen LogP contribution is 2.34. The van der Waals surface area contributed by atoms with Crippen LogP contribution in [0.2, 0.25) is 0 Å². The summed E-state index contributed by atoms with van der Waals surface area (Å²) in [6.45, 7) is 4.35. The van der Waals surface area contributed by atoms with Gasteiger partial charge in [-0.3, -0.25) is 14.2 Å². The minimum absolute atomic E-state index is 0.0291. The Bertz CT molecular complexity index is 1030. The number of hydrogen-bond donors (Lipinski definition) is 1. The summed E-state index contributed by atoms with van der Waals surface area (Å²) in [5.74, 6) is -0.178. The molecule has 1 fully saturated rings. The quantitative estimate of drug-likeness (QED) is 0.782. The number of aromatic nitrogens is 2. The average molecular weight is 353 g/mol. The lowest BCUT2D eigenvalue weighted by Crippen LogP contribution is -2.24. The van der Waals surface area contributed by atoms with Crippen molar-refractivity contribution in [3.8, 4) is 0 Å². The van der Waals surface area contributed by atoms with Crippen LogP contribution in [0.25, 0.3) is 10.2 Å². The smallest absolute Gasteiger partial charge is 0.271 e. The molecule has 0 spiro atoms. The van der Waals surface area contributed by atoms with Crippen LogP contribution in [-0.2, 0) is 6.54 Å². The Morgan fingerprint density at radius 1 is 1.32 bits per heavy atom. The molecule has 1 saturated carbocycles. The van der Waals surface area contributed by atoms with Crippen LogP contribution in [0.1, 0.15) is 45.2 Å². The predicted octanol–water partition coefficient (Wildman–Crippen LogP) is 3.34. The number of carbonyl (C=O) groups excluding carboxylic acids is 1. The van der Waals surface area contributed by atoms with Gasteiger partial charge >= 0.3 is 0 Å². The monoisotopic (exact) mass is 353 g/mol. The fourth-order valence-electron chi connectivity index (χ4n) is 3.04. The molecule has 0 radical (unpaired) electrons. The standard InChI is InChI=1S/C19H19N3O2S/c1-11-5-3-4-6-13(11)9-20-18(23)15-12(2)25-17-16(15)21-10-22(19(17)24)14-7-8-14/h3-6,10,14H,7-9H2,1-2H3,(H,20,23). The summed E-state index contributed by atoms with van der Waals surface area (Å²) in [5, 5.41) is 2.96. The second-order valence-electron chi connectivity index (χ2n) is 6.51. The van der Waals surface area contributed by atoms with Crippen LogP contribution >= 0.6 is 11.3 Å². The molecule has 1 amide bonds. The van der Waals surface area contributed by atoms with Crippen LogP contribution in [0.15, 0.2) is 35.4 Å². The van der Waals surface area contributed by atoms with Gasteiger partial charge in [0.1, 0.15) is 10.2 Å². The zero-order valence-corrected chi connectivity index (χ0v) is 15.0. The highest BCUT2D eigenvalue weighted by molar-refractivity contribution is 7.19. The Balaban J connectivity index is 1.65. The number of fused-ring (bicyclic) bond motifs is 1. The maximum Gasteiger partial charge on any atom is 0.271 e. The topological polar surface area (TPSA) is 64.0 Å². The molecule has 0 bridgehead atoms. The summed E-state index contributed by atoms with van der Waals surface area (Å²) in [6.07, 6.45) is 3.65. The lowest BCUT2D eigenvalue weighted by molar-refractivity contribution is 0.0952. The van der Waals surface area contributed by atoms with E-state index >= 15 is 0 Å². The first-order chi connectivity index (χ1) is 12.1. The number of carbonyl (C=O) groups is 1. The molecule has 0 unspecified atom stereocenters. The molecule has 0 saturated heterocycles. The molecule has 2 heterocycles. The fourth-order valence-corrected chi connectivity index (χ4v) is 4.08. The molecule has 25 heavy (non-hydrogen) atoms. The van der Waals surface area contributed by atoms with Crippen LogP contribution in [0.5, 0.6) is 0 Å². The van der Waals surface area contributed by atoms with E-state index in [4.69, 9.17) is 0 Å². The largest absolute Gasteiger partial charge is 0.348 e. The van der Waals surface area contributed by atoms with E-state index in [-0.39, 0.29) is 17.5 Å².